The van der Waals surface area contributed by atoms with Crippen molar-refractivity contribution in [1.82, 2.24) is 40.2 Å². The predicted octanol–water partition coefficient (Wildman–Crippen LogP) is 7.18. The van der Waals surface area contributed by atoms with E-state index in [1.807, 2.05) is 118 Å². The van der Waals surface area contributed by atoms with Crippen LogP contribution in [-0.2, 0) is 30.3 Å². The van der Waals surface area contributed by atoms with E-state index in [2.05, 4.69) is 39.7 Å². The highest BCUT2D eigenvalue weighted by atomic mass is 32.1. The molecule has 9 rings (SSSR count). The SMILES string of the molecule is COC(=O)C[C@@H]1N=C(c2ccc(-c3cccc4c3C(=O)N(CC(=O)NC(C(=O)N3C[C@H](O)C[C@H]3C(=O)N[C@@H](C)c3ccc(-c5scnc5C)cc3)C(C)(C)C)CC4)cc2)c2c(sc(C)c2C)-n2c(C)nnc21. The average molecular weight is 1010 g/mol. The maximum atomic E-state index is 14.5. The van der Waals surface area contributed by atoms with E-state index in [-0.39, 0.29) is 37.9 Å². The van der Waals surface area contributed by atoms with Crippen LogP contribution in [0.2, 0.25) is 0 Å². The molecule has 374 valence electrons. The lowest BCUT2D eigenvalue weighted by molar-refractivity contribution is -0.144. The van der Waals surface area contributed by atoms with Gasteiger partial charge in [-0.15, -0.1) is 32.9 Å². The summed E-state index contributed by atoms with van der Waals surface area (Å²) >= 11 is 3.19. The lowest BCUT2D eigenvalue weighted by Gasteiger charge is -2.36. The number of aliphatic hydroxyl groups excluding tert-OH is 1. The first-order chi connectivity index (χ1) is 34.3. The Morgan fingerprint density at radius 3 is 2.31 bits per heavy atom. The molecule has 5 atom stereocenters. The van der Waals surface area contributed by atoms with Crippen LogP contribution >= 0.6 is 22.7 Å². The Kier molecular flexibility index (Phi) is 13.9. The number of aryl methyl sites for hydroxylation is 3. The van der Waals surface area contributed by atoms with E-state index in [0.717, 1.165) is 59.4 Å². The van der Waals surface area contributed by atoms with E-state index in [4.69, 9.17) is 9.73 Å². The Morgan fingerprint density at radius 1 is 0.917 bits per heavy atom. The molecule has 3 aromatic carbocycles. The second kappa shape index (κ2) is 20.0. The number of aliphatic imine (C=N–C) groups is 1. The summed E-state index contributed by atoms with van der Waals surface area (Å²) in [5.41, 5.74) is 10.3. The van der Waals surface area contributed by atoms with Crippen molar-refractivity contribution in [3.63, 3.8) is 0 Å². The number of aromatic nitrogens is 4. The molecule has 6 aromatic rings. The summed E-state index contributed by atoms with van der Waals surface area (Å²) in [6.07, 6.45) is -0.381. The maximum absolute atomic E-state index is 14.5. The van der Waals surface area contributed by atoms with Crippen LogP contribution in [0.4, 0.5) is 0 Å². The summed E-state index contributed by atoms with van der Waals surface area (Å²) in [6.45, 7) is 15.3. The third kappa shape index (κ3) is 9.62. The third-order valence-electron chi connectivity index (χ3n) is 14.0. The van der Waals surface area contributed by atoms with E-state index in [1.54, 1.807) is 22.7 Å². The van der Waals surface area contributed by atoms with Gasteiger partial charge in [-0.3, -0.25) is 33.5 Å². The molecule has 3 aliphatic heterocycles. The number of esters is 1. The first-order valence-corrected chi connectivity index (χ1v) is 25.8. The molecule has 72 heavy (non-hydrogen) atoms. The van der Waals surface area contributed by atoms with Gasteiger partial charge in [0.15, 0.2) is 5.82 Å². The van der Waals surface area contributed by atoms with Crippen molar-refractivity contribution >= 4 is 58.0 Å². The zero-order valence-electron chi connectivity index (χ0n) is 41.9. The van der Waals surface area contributed by atoms with Gasteiger partial charge in [-0.1, -0.05) is 87.5 Å². The number of amides is 4. The Morgan fingerprint density at radius 2 is 1.62 bits per heavy atom. The lowest BCUT2D eigenvalue weighted by Crippen LogP contribution is -2.59. The maximum Gasteiger partial charge on any atom is 0.308 e. The van der Waals surface area contributed by atoms with Crippen LogP contribution in [-0.4, -0.2) is 115 Å². The highest BCUT2D eigenvalue weighted by molar-refractivity contribution is 7.15. The zero-order valence-corrected chi connectivity index (χ0v) is 43.5. The van der Waals surface area contributed by atoms with E-state index >= 15 is 0 Å². The summed E-state index contributed by atoms with van der Waals surface area (Å²) in [4.78, 5) is 84.2. The average Bonchev–Trinajstić information content (AvgIpc) is 4.13. The number of ether oxygens (including phenoxy) is 1. The molecule has 0 bridgehead atoms. The topological polar surface area (TPSA) is 201 Å². The highest BCUT2D eigenvalue weighted by Crippen LogP contribution is 2.40. The largest absolute Gasteiger partial charge is 0.469 e. The molecule has 3 N–H and O–H groups in total. The molecule has 1 saturated heterocycles. The fraction of sp³-hybridized carbons (Fsp3) is 0.389. The summed E-state index contributed by atoms with van der Waals surface area (Å²) in [7, 11) is 1.35. The first kappa shape index (κ1) is 50.1. The quantitative estimate of drug-likeness (QED) is 0.106. The monoisotopic (exact) mass is 1010 g/mol. The van der Waals surface area contributed by atoms with Gasteiger partial charge in [-0.2, -0.15) is 0 Å². The molecule has 0 aliphatic carbocycles. The molecule has 3 aliphatic rings. The van der Waals surface area contributed by atoms with Crippen LogP contribution < -0.4 is 10.6 Å². The number of thiazole rings is 1. The second-order valence-corrected chi connectivity index (χ2v) is 22.0. The number of nitrogens with one attached hydrogen (secondary N) is 2. The van der Waals surface area contributed by atoms with Gasteiger partial charge < -0.3 is 30.3 Å². The second-order valence-electron chi connectivity index (χ2n) is 20.0. The number of β-amino-alcohol motifs (C(OH)–C–C–N with tert-alkyl or cyclic N) is 1. The molecule has 16 nitrogen and oxygen atoms in total. The minimum Gasteiger partial charge on any atom is -0.469 e. The zero-order chi connectivity index (χ0) is 51.3. The van der Waals surface area contributed by atoms with Gasteiger partial charge >= 0.3 is 5.97 Å². The Bertz CT molecular complexity index is 3130. The number of aliphatic hydroxyl groups is 1. The van der Waals surface area contributed by atoms with E-state index in [0.29, 0.717) is 41.5 Å². The van der Waals surface area contributed by atoms with Gasteiger partial charge in [-0.05, 0) is 79.8 Å². The van der Waals surface area contributed by atoms with Crippen molar-refractivity contribution in [1.29, 1.82) is 0 Å². The smallest absolute Gasteiger partial charge is 0.308 e. The van der Waals surface area contributed by atoms with E-state index in [1.165, 1.54) is 16.9 Å². The third-order valence-corrected chi connectivity index (χ3v) is 16.2. The molecule has 1 fully saturated rings. The molecule has 0 radical (unpaired) electrons. The number of carbonyl (C=O) groups is 5. The molecule has 6 heterocycles. The Labute approximate surface area is 426 Å². The normalized spacial score (nSPS) is 18.3. The minimum atomic E-state index is -1.07. The highest BCUT2D eigenvalue weighted by Gasteiger charge is 2.45. The summed E-state index contributed by atoms with van der Waals surface area (Å²) in [5.74, 6) is -0.883. The number of benzene rings is 3. The Hall–Kier alpha value is -6.89. The molecule has 4 amide bonds. The molecule has 1 unspecified atom stereocenters. The summed E-state index contributed by atoms with van der Waals surface area (Å²) < 4.78 is 7.04. The number of likely N-dealkylation sites (tertiary alicyclic amines) is 1. The van der Waals surface area contributed by atoms with E-state index < -0.39 is 53.3 Å². The number of hydrogen-bond acceptors (Lipinski definition) is 13. The minimum absolute atomic E-state index is 0.0174. The fourth-order valence-electron chi connectivity index (χ4n) is 9.94. The van der Waals surface area contributed by atoms with Gasteiger partial charge in [-0.25, -0.2) is 4.98 Å². The molecule has 3 aromatic heterocycles. The van der Waals surface area contributed by atoms with Gasteiger partial charge in [0.05, 0.1) is 59.6 Å². The van der Waals surface area contributed by atoms with Crippen molar-refractivity contribution in [3.8, 4) is 26.6 Å². The van der Waals surface area contributed by atoms with Crippen LogP contribution in [0.3, 0.4) is 0 Å². The number of carbonyl (C=O) groups excluding carboxylic acids is 5. The van der Waals surface area contributed by atoms with Crippen LogP contribution in [0.1, 0.15) is 113 Å². The molecule has 18 heteroatoms. The van der Waals surface area contributed by atoms with Gasteiger partial charge in [0, 0.05) is 35.5 Å². The number of nitrogens with zero attached hydrogens (tertiary/aromatic N) is 7. The van der Waals surface area contributed by atoms with Crippen LogP contribution in [0.15, 0.2) is 77.2 Å². The standard InChI is InChI=1S/C54H59N9O7S2/c1-28-31(4)72-53-44(28)46(57-40(24-43(66)70-9)49-60-59-32(5)63(49)53)36-17-15-34(16-18-36)39-12-10-11-35-21-22-61(51(68)45(35)39)26-42(65)58-48(54(6,7)8)52(69)62-25-38(64)23-41(62)50(67)56-29(2)33-13-19-37(20-14-33)47-30(3)55-27-71-47/h10-20,27,29,38,40-41,48,64H,21-26H2,1-9H3,(H,56,67)(H,58,65)/t29-,38+,40-,41-,48?/m0/s1. The summed E-state index contributed by atoms with van der Waals surface area (Å²) in [5, 5.41) is 26.5. The van der Waals surface area contributed by atoms with Gasteiger partial charge in [0.2, 0.25) is 17.7 Å². The van der Waals surface area contributed by atoms with Crippen molar-refractivity contribution < 1.29 is 33.8 Å². The van der Waals surface area contributed by atoms with E-state index in [9.17, 15) is 29.1 Å². The molecular weight excluding hydrogens is 951 g/mol. The summed E-state index contributed by atoms with van der Waals surface area (Å²) in [6, 6.07) is 18.5. The molecule has 0 spiro atoms. The number of fused-ring (bicyclic) bond motifs is 4. The number of thiophene rings is 1. The van der Waals surface area contributed by atoms with Crippen LogP contribution in [0.25, 0.3) is 26.6 Å². The first-order valence-electron chi connectivity index (χ1n) is 24.1. The predicted molar refractivity (Wildman–Crippen MR) is 276 cm³/mol. The number of rotatable bonds is 12. The van der Waals surface area contributed by atoms with Crippen molar-refractivity contribution in [2.45, 2.75) is 105 Å². The van der Waals surface area contributed by atoms with Crippen molar-refractivity contribution in [2.24, 2.45) is 10.4 Å². The van der Waals surface area contributed by atoms with Crippen LogP contribution in [0.5, 0.6) is 0 Å². The Balaban J connectivity index is 0.905. The molecular formula is C54H59N9O7S2. The lowest BCUT2D eigenvalue weighted by atomic mass is 9.85. The molecule has 0 saturated carbocycles. The van der Waals surface area contributed by atoms with Gasteiger partial charge in [0.25, 0.3) is 5.91 Å². The van der Waals surface area contributed by atoms with Gasteiger partial charge in [0.1, 0.15) is 29.0 Å². The van der Waals surface area contributed by atoms with Crippen molar-refractivity contribution in [2.75, 3.05) is 26.7 Å². The number of hydrogen-bond donors (Lipinski definition) is 3. The number of methoxy groups -OCH3 is 1. The van der Waals surface area contributed by atoms with Crippen LogP contribution in [0, 0.1) is 33.1 Å². The fourth-order valence-corrected chi connectivity index (χ4v) is 12.0. The van der Waals surface area contributed by atoms with Crippen molar-refractivity contribution in [3.05, 3.63) is 128 Å².